The van der Waals surface area contributed by atoms with Crippen molar-refractivity contribution in [3.05, 3.63) is 82.9 Å². The van der Waals surface area contributed by atoms with Crippen molar-refractivity contribution in [2.75, 3.05) is 13.4 Å². The number of carbonyl (C=O) groups excluding carboxylic acids is 1. The third kappa shape index (κ3) is 5.63. The molecule has 1 amide bonds. The zero-order valence-corrected chi connectivity index (χ0v) is 20.1. The molecule has 0 fully saturated rings. The highest BCUT2D eigenvalue weighted by atomic mass is 16.7. The third-order valence-electron chi connectivity index (χ3n) is 5.63. The van der Waals surface area contributed by atoms with Crippen LogP contribution in [-0.2, 0) is 18.6 Å². The van der Waals surface area contributed by atoms with Crippen LogP contribution in [0.2, 0.25) is 0 Å². The molecule has 0 atom stereocenters. The minimum atomic E-state index is -0.170. The molecule has 1 aliphatic rings. The molecule has 178 valence electrons. The molecule has 0 saturated carbocycles. The van der Waals surface area contributed by atoms with Gasteiger partial charge >= 0.3 is 0 Å². The van der Waals surface area contributed by atoms with E-state index in [1.165, 1.54) is 5.56 Å². The van der Waals surface area contributed by atoms with Crippen molar-refractivity contribution in [1.82, 2.24) is 5.32 Å². The average molecular weight is 462 g/mol. The van der Waals surface area contributed by atoms with Crippen molar-refractivity contribution in [2.45, 2.75) is 46.3 Å². The second kappa shape index (κ2) is 10.1. The minimum Gasteiger partial charge on any atom is -0.493 e. The van der Waals surface area contributed by atoms with Crippen LogP contribution in [0, 0.1) is 0 Å². The van der Waals surface area contributed by atoms with E-state index in [1.807, 2.05) is 49.4 Å². The van der Waals surface area contributed by atoms with Gasteiger partial charge in [0.15, 0.2) is 11.5 Å². The summed E-state index contributed by atoms with van der Waals surface area (Å²) in [5, 5.41) is 2.96. The molecule has 6 heteroatoms. The van der Waals surface area contributed by atoms with E-state index in [0.29, 0.717) is 36.8 Å². The van der Waals surface area contributed by atoms with Gasteiger partial charge in [0.05, 0.1) is 6.61 Å². The fourth-order valence-electron chi connectivity index (χ4n) is 3.68. The molecule has 0 saturated heterocycles. The minimum absolute atomic E-state index is 0.0863. The van der Waals surface area contributed by atoms with Crippen LogP contribution in [0.25, 0.3) is 0 Å². The normalized spacial score (nSPS) is 12.4. The molecule has 0 unspecified atom stereocenters. The molecule has 3 aromatic carbocycles. The number of hydrogen-bond acceptors (Lipinski definition) is 5. The van der Waals surface area contributed by atoms with Crippen LogP contribution in [-0.4, -0.2) is 19.3 Å². The molecular weight excluding hydrogens is 430 g/mol. The Morgan fingerprint density at radius 2 is 1.71 bits per heavy atom. The molecule has 1 heterocycles. The Balaban J connectivity index is 1.42. The van der Waals surface area contributed by atoms with Gasteiger partial charge in [-0.1, -0.05) is 39.0 Å². The Bertz CT molecular complexity index is 1150. The summed E-state index contributed by atoms with van der Waals surface area (Å²) in [6.45, 7) is 9.91. The summed E-state index contributed by atoms with van der Waals surface area (Å²) < 4.78 is 22.5. The predicted molar refractivity (Wildman–Crippen MR) is 131 cm³/mol. The van der Waals surface area contributed by atoms with Crippen molar-refractivity contribution in [3.63, 3.8) is 0 Å². The van der Waals surface area contributed by atoms with E-state index in [9.17, 15) is 4.79 Å². The Labute approximate surface area is 200 Å². The number of benzene rings is 3. The molecule has 0 bridgehead atoms. The molecule has 1 N–H and O–H groups in total. The zero-order chi connectivity index (χ0) is 24.1. The van der Waals surface area contributed by atoms with Gasteiger partial charge in [-0.3, -0.25) is 4.79 Å². The number of ether oxygens (including phenoxy) is 4. The summed E-state index contributed by atoms with van der Waals surface area (Å²) in [5.74, 6) is 2.73. The predicted octanol–water partition coefficient (Wildman–Crippen LogP) is 5.62. The number of fused-ring (bicyclic) bond motifs is 1. The van der Waals surface area contributed by atoms with Gasteiger partial charge in [0.2, 0.25) is 6.79 Å². The van der Waals surface area contributed by atoms with Gasteiger partial charge in [-0.05, 0) is 65.9 Å². The molecule has 4 rings (SSSR count). The van der Waals surface area contributed by atoms with Gasteiger partial charge in [0.1, 0.15) is 18.1 Å². The Morgan fingerprint density at radius 1 is 0.941 bits per heavy atom. The van der Waals surface area contributed by atoms with Crippen molar-refractivity contribution < 1.29 is 23.7 Å². The summed E-state index contributed by atoms with van der Waals surface area (Å²) in [6, 6.07) is 19.2. The first-order valence-electron chi connectivity index (χ1n) is 11.5. The second-order valence-corrected chi connectivity index (χ2v) is 9.19. The van der Waals surface area contributed by atoms with Gasteiger partial charge < -0.3 is 24.3 Å². The highest BCUT2D eigenvalue weighted by Gasteiger charge is 2.16. The van der Waals surface area contributed by atoms with Crippen LogP contribution < -0.4 is 24.3 Å². The van der Waals surface area contributed by atoms with E-state index in [0.717, 1.165) is 22.6 Å². The summed E-state index contributed by atoms with van der Waals surface area (Å²) in [4.78, 5) is 12.8. The maximum absolute atomic E-state index is 12.8. The van der Waals surface area contributed by atoms with E-state index >= 15 is 0 Å². The maximum Gasteiger partial charge on any atom is 0.251 e. The molecule has 0 aliphatic carbocycles. The number of hydrogen-bond donors (Lipinski definition) is 1. The van der Waals surface area contributed by atoms with Gasteiger partial charge in [-0.25, -0.2) is 0 Å². The largest absolute Gasteiger partial charge is 0.493 e. The maximum atomic E-state index is 12.8. The molecule has 3 aromatic rings. The first-order chi connectivity index (χ1) is 16.3. The van der Waals surface area contributed by atoms with Gasteiger partial charge in [-0.15, -0.1) is 0 Å². The van der Waals surface area contributed by atoms with Gasteiger partial charge in [0.25, 0.3) is 5.91 Å². The molecule has 0 radical (unpaired) electrons. The lowest BCUT2D eigenvalue weighted by molar-refractivity contribution is 0.0950. The van der Waals surface area contributed by atoms with Gasteiger partial charge in [-0.2, -0.15) is 0 Å². The van der Waals surface area contributed by atoms with Crippen molar-refractivity contribution in [3.8, 4) is 23.0 Å². The van der Waals surface area contributed by atoms with E-state index in [-0.39, 0.29) is 18.1 Å². The van der Waals surface area contributed by atoms with E-state index in [2.05, 4.69) is 38.2 Å². The monoisotopic (exact) mass is 461 g/mol. The van der Waals surface area contributed by atoms with Crippen molar-refractivity contribution >= 4 is 5.91 Å². The van der Waals surface area contributed by atoms with Crippen molar-refractivity contribution in [2.24, 2.45) is 0 Å². The highest BCUT2D eigenvalue weighted by molar-refractivity contribution is 5.94. The second-order valence-electron chi connectivity index (χ2n) is 9.19. The van der Waals surface area contributed by atoms with Gasteiger partial charge in [0, 0.05) is 17.7 Å². The third-order valence-corrected chi connectivity index (χ3v) is 5.63. The van der Waals surface area contributed by atoms with Crippen LogP contribution in [0.4, 0.5) is 0 Å². The van der Waals surface area contributed by atoms with Crippen molar-refractivity contribution in [1.29, 1.82) is 0 Å². The molecule has 34 heavy (non-hydrogen) atoms. The number of rotatable bonds is 8. The smallest absolute Gasteiger partial charge is 0.251 e. The highest BCUT2D eigenvalue weighted by Crippen LogP contribution is 2.32. The van der Waals surface area contributed by atoms with Crippen LogP contribution in [0.5, 0.6) is 23.0 Å². The Kier molecular flexibility index (Phi) is 6.96. The lowest BCUT2D eigenvalue weighted by Crippen LogP contribution is -2.23. The van der Waals surface area contributed by atoms with E-state index in [1.54, 1.807) is 6.07 Å². The molecule has 6 nitrogen and oxygen atoms in total. The molecule has 1 aliphatic heterocycles. The summed E-state index contributed by atoms with van der Waals surface area (Å²) in [6.07, 6.45) is 0. The topological polar surface area (TPSA) is 66.0 Å². The lowest BCUT2D eigenvalue weighted by atomic mass is 9.87. The summed E-state index contributed by atoms with van der Waals surface area (Å²) >= 11 is 0. The Morgan fingerprint density at radius 3 is 2.44 bits per heavy atom. The SMILES string of the molecule is CCOc1ccc(C(=O)NCc2ccc3c(c2)OCO3)cc1COc1ccc(C(C)(C)C)cc1. The summed E-state index contributed by atoms with van der Waals surface area (Å²) in [5.41, 5.74) is 3.63. The number of nitrogens with one attached hydrogen (secondary N) is 1. The number of carbonyl (C=O) groups is 1. The first-order valence-corrected chi connectivity index (χ1v) is 11.5. The molecular formula is C28H31NO5. The van der Waals surface area contributed by atoms with E-state index in [4.69, 9.17) is 18.9 Å². The lowest BCUT2D eigenvalue weighted by Gasteiger charge is -2.19. The quantitative estimate of drug-likeness (QED) is 0.472. The molecule has 0 spiro atoms. The van der Waals surface area contributed by atoms with Crippen LogP contribution >= 0.6 is 0 Å². The fourth-order valence-corrected chi connectivity index (χ4v) is 3.68. The fraction of sp³-hybridized carbons (Fsp3) is 0.321. The first kappa shape index (κ1) is 23.5. The molecule has 0 aromatic heterocycles. The van der Waals surface area contributed by atoms with E-state index < -0.39 is 0 Å². The number of amides is 1. The van der Waals surface area contributed by atoms with Crippen LogP contribution in [0.15, 0.2) is 60.7 Å². The zero-order valence-electron chi connectivity index (χ0n) is 20.1. The Hall–Kier alpha value is -3.67. The summed E-state index contributed by atoms with van der Waals surface area (Å²) in [7, 11) is 0. The van der Waals surface area contributed by atoms with Crippen LogP contribution in [0.3, 0.4) is 0 Å². The van der Waals surface area contributed by atoms with Crippen LogP contribution in [0.1, 0.15) is 54.7 Å². The standard InChI is InChI=1S/C28H31NO5/c1-5-31-24-13-7-20(27(30)29-16-19-6-12-25-26(14-19)34-18-33-25)15-21(24)17-32-23-10-8-22(9-11-23)28(2,3)4/h6-15H,5,16-18H2,1-4H3,(H,29,30). The average Bonchev–Trinajstić information content (AvgIpc) is 3.30.